The predicted molar refractivity (Wildman–Crippen MR) is 138 cm³/mol. The topological polar surface area (TPSA) is 81.1 Å². The van der Waals surface area contributed by atoms with Crippen LogP contribution in [0.2, 0.25) is 0 Å². The summed E-state index contributed by atoms with van der Waals surface area (Å²) in [5, 5.41) is 11.5. The van der Waals surface area contributed by atoms with Crippen molar-refractivity contribution in [2.75, 3.05) is 25.7 Å². The minimum absolute atomic E-state index is 0.0196. The summed E-state index contributed by atoms with van der Waals surface area (Å²) >= 11 is 0. The molecule has 0 saturated heterocycles. The van der Waals surface area contributed by atoms with Gasteiger partial charge in [0.05, 0.1) is 31.0 Å². The van der Waals surface area contributed by atoms with Crippen molar-refractivity contribution in [2.45, 2.75) is 58.0 Å². The molecule has 1 aromatic carbocycles. The maximum Gasteiger partial charge on any atom is 0.421 e. The van der Waals surface area contributed by atoms with Crippen molar-refractivity contribution in [3.8, 4) is 11.6 Å². The van der Waals surface area contributed by atoms with Gasteiger partial charge in [-0.1, -0.05) is 32.4 Å². The van der Waals surface area contributed by atoms with Crippen LogP contribution < -0.4 is 9.64 Å². The number of hydrogen-bond donors (Lipinski definition) is 1. The first-order chi connectivity index (χ1) is 18.0. The lowest BCUT2D eigenvalue weighted by atomic mass is 9.81. The maximum atomic E-state index is 13.7. The molecule has 208 valence electrons. The van der Waals surface area contributed by atoms with Crippen LogP contribution in [0.3, 0.4) is 0 Å². The molecule has 1 fully saturated rings. The number of carbonyl (C=O) groups excluding carboxylic acids is 1. The van der Waals surface area contributed by atoms with Gasteiger partial charge in [-0.3, -0.25) is 0 Å². The normalized spacial score (nSPS) is 19.4. The number of carbonyl (C=O) groups is 1. The summed E-state index contributed by atoms with van der Waals surface area (Å²) in [5.74, 6) is -0.864. The van der Waals surface area contributed by atoms with Gasteiger partial charge in [0.2, 0.25) is 5.88 Å². The van der Waals surface area contributed by atoms with E-state index in [1.165, 1.54) is 37.6 Å². The summed E-state index contributed by atoms with van der Waals surface area (Å²) in [5.41, 5.74) is -0.488. The summed E-state index contributed by atoms with van der Waals surface area (Å²) < 4.78 is 56.9. The van der Waals surface area contributed by atoms with E-state index < -0.39 is 29.8 Å². The fourth-order valence-corrected chi connectivity index (χ4v) is 4.83. The molecule has 0 amide bonds. The van der Waals surface area contributed by atoms with Gasteiger partial charge in [-0.25, -0.2) is 9.78 Å². The third-order valence-electron chi connectivity index (χ3n) is 6.93. The Bertz CT molecular complexity index is 1120. The minimum Gasteiger partial charge on any atom is -0.465 e. The van der Waals surface area contributed by atoms with Gasteiger partial charge < -0.3 is 24.2 Å². The average Bonchev–Trinajstić information content (AvgIpc) is 2.89. The van der Waals surface area contributed by atoms with Gasteiger partial charge in [-0.15, -0.1) is 0 Å². The number of benzene rings is 1. The molecule has 2 atom stereocenters. The molecule has 3 rings (SSSR count). The molecule has 0 spiro atoms. The Hall–Kier alpha value is -3.11. The lowest BCUT2D eigenvalue weighted by Crippen LogP contribution is -2.49. The predicted octanol–water partition coefficient (Wildman–Crippen LogP) is 6.31. The number of ether oxygens (including phenoxy) is 3. The van der Waals surface area contributed by atoms with Crippen molar-refractivity contribution in [2.24, 2.45) is 11.8 Å². The highest BCUT2D eigenvalue weighted by atomic mass is 19.4. The van der Waals surface area contributed by atoms with Crippen molar-refractivity contribution in [3.63, 3.8) is 0 Å². The van der Waals surface area contributed by atoms with E-state index in [4.69, 9.17) is 14.2 Å². The van der Waals surface area contributed by atoms with Crippen molar-refractivity contribution >= 4 is 17.7 Å². The van der Waals surface area contributed by atoms with Gasteiger partial charge in [-0.2, -0.15) is 13.2 Å². The van der Waals surface area contributed by atoms with Crippen LogP contribution in [0.25, 0.3) is 6.08 Å². The number of nitrogens with zero attached hydrogens (tertiary/aromatic N) is 2. The van der Waals surface area contributed by atoms with E-state index in [1.54, 1.807) is 12.0 Å². The molecule has 2 aromatic rings. The number of aromatic nitrogens is 1. The second-order valence-corrected chi connectivity index (χ2v) is 9.74. The van der Waals surface area contributed by atoms with Crippen LogP contribution in [-0.4, -0.2) is 49.2 Å². The van der Waals surface area contributed by atoms with E-state index in [9.17, 15) is 23.1 Å². The minimum atomic E-state index is -4.72. The molecule has 0 aliphatic heterocycles. The molecule has 1 aliphatic carbocycles. The quantitative estimate of drug-likeness (QED) is 0.282. The van der Waals surface area contributed by atoms with Crippen molar-refractivity contribution in [1.82, 2.24) is 4.98 Å². The highest BCUT2D eigenvalue weighted by Gasteiger charge is 2.37. The third-order valence-corrected chi connectivity index (χ3v) is 6.93. The Morgan fingerprint density at radius 2 is 1.92 bits per heavy atom. The molecule has 7 nitrogen and oxygen atoms in total. The largest absolute Gasteiger partial charge is 0.465 e. The first kappa shape index (κ1) is 29.4. The molecular formula is C28H35F3N2O5. The van der Waals surface area contributed by atoms with E-state index in [1.807, 2.05) is 6.92 Å². The number of aliphatic hydroxyl groups excluding tert-OH is 1. The van der Waals surface area contributed by atoms with E-state index in [2.05, 4.69) is 18.5 Å². The molecule has 1 heterocycles. The number of aliphatic hydroxyl groups is 1. The molecule has 0 bridgehead atoms. The van der Waals surface area contributed by atoms with Crippen LogP contribution in [0.4, 0.5) is 18.9 Å². The smallest absolute Gasteiger partial charge is 0.421 e. The Kier molecular flexibility index (Phi) is 9.78. The third kappa shape index (κ3) is 6.85. The number of methoxy groups -OCH3 is 2. The van der Waals surface area contributed by atoms with Gasteiger partial charge in [0, 0.05) is 19.2 Å². The Morgan fingerprint density at radius 3 is 2.50 bits per heavy atom. The number of pyridine rings is 1. The fourth-order valence-electron chi connectivity index (χ4n) is 4.83. The molecule has 1 unspecified atom stereocenters. The van der Waals surface area contributed by atoms with E-state index in [0.29, 0.717) is 11.6 Å². The number of esters is 1. The van der Waals surface area contributed by atoms with Gasteiger partial charge in [0.15, 0.2) is 0 Å². The highest BCUT2D eigenvalue weighted by molar-refractivity contribution is 5.96. The Labute approximate surface area is 221 Å². The molecule has 0 radical (unpaired) electrons. The SMILES string of the molecule is C=Cc1cnc(Oc2ccc(N(C(O)C3CCC(C)CC3)[C@@H](C)COC)c(C(=O)OC)c2)c(C(F)(F)F)c1. The average molecular weight is 537 g/mol. The number of halogens is 3. The molecule has 1 aromatic heterocycles. The van der Waals surface area contributed by atoms with Crippen LogP contribution in [0.5, 0.6) is 11.6 Å². The van der Waals surface area contributed by atoms with Crippen LogP contribution in [0.15, 0.2) is 37.0 Å². The standard InChI is InChI=1S/C28H35F3N2O5/c1-6-19-13-23(28(29,30)31)25(32-15-19)38-21-11-12-24(22(14-21)27(35)37-5)33(18(3)16-36-4)26(34)20-9-7-17(2)8-10-20/h6,11-15,17-18,20,26,34H,1,7-10,16H2,2-5H3/t17?,18-,20?,26?/m0/s1. The molecule has 1 saturated carbocycles. The highest BCUT2D eigenvalue weighted by Crippen LogP contribution is 2.40. The molecular weight excluding hydrogens is 501 g/mol. The zero-order valence-corrected chi connectivity index (χ0v) is 22.1. The summed E-state index contributed by atoms with van der Waals surface area (Å²) in [6.07, 6.45) is 0.481. The molecule has 1 aliphatic rings. The Morgan fingerprint density at radius 1 is 1.24 bits per heavy atom. The number of anilines is 1. The summed E-state index contributed by atoms with van der Waals surface area (Å²) in [6.45, 7) is 7.80. The first-order valence-corrected chi connectivity index (χ1v) is 12.5. The van der Waals surface area contributed by atoms with Gasteiger partial charge in [0.1, 0.15) is 17.5 Å². The monoisotopic (exact) mass is 536 g/mol. The first-order valence-electron chi connectivity index (χ1n) is 12.5. The second kappa shape index (κ2) is 12.6. The van der Waals surface area contributed by atoms with E-state index in [-0.39, 0.29) is 35.4 Å². The van der Waals surface area contributed by atoms with Gasteiger partial charge >= 0.3 is 12.1 Å². The van der Waals surface area contributed by atoms with Crippen molar-refractivity contribution in [1.29, 1.82) is 0 Å². The van der Waals surface area contributed by atoms with Gasteiger partial charge in [-0.05, 0) is 55.5 Å². The number of alkyl halides is 3. The summed E-state index contributed by atoms with van der Waals surface area (Å²) in [4.78, 5) is 18.4. The Balaban J connectivity index is 2.04. The second-order valence-electron chi connectivity index (χ2n) is 9.74. The molecule has 38 heavy (non-hydrogen) atoms. The van der Waals surface area contributed by atoms with E-state index >= 15 is 0 Å². The lowest BCUT2D eigenvalue weighted by molar-refractivity contribution is -0.138. The fraction of sp³-hybridized carbons (Fsp3) is 0.500. The van der Waals surface area contributed by atoms with E-state index in [0.717, 1.165) is 31.7 Å². The van der Waals surface area contributed by atoms with Crippen LogP contribution in [0.1, 0.15) is 61.0 Å². The summed E-state index contributed by atoms with van der Waals surface area (Å²) in [6, 6.07) is 4.84. The van der Waals surface area contributed by atoms with Crippen LogP contribution in [0, 0.1) is 11.8 Å². The lowest BCUT2D eigenvalue weighted by Gasteiger charge is -2.41. The molecule has 10 heteroatoms. The van der Waals surface area contributed by atoms with Crippen molar-refractivity contribution < 1.29 is 37.3 Å². The van der Waals surface area contributed by atoms with Crippen LogP contribution in [-0.2, 0) is 15.7 Å². The maximum absolute atomic E-state index is 13.7. The zero-order chi connectivity index (χ0) is 28.0. The number of hydrogen-bond acceptors (Lipinski definition) is 7. The van der Waals surface area contributed by atoms with Gasteiger partial charge in [0.25, 0.3) is 0 Å². The molecule has 1 N–H and O–H groups in total. The number of rotatable bonds is 10. The van der Waals surface area contributed by atoms with Crippen molar-refractivity contribution in [3.05, 3.63) is 53.7 Å². The zero-order valence-electron chi connectivity index (χ0n) is 22.1. The summed E-state index contributed by atoms with van der Waals surface area (Å²) in [7, 11) is 2.75. The van der Waals surface area contributed by atoms with Crippen LogP contribution >= 0.6 is 0 Å².